The van der Waals surface area contributed by atoms with Crippen LogP contribution < -0.4 is 0 Å². The van der Waals surface area contributed by atoms with E-state index in [-0.39, 0.29) is 5.92 Å². The van der Waals surface area contributed by atoms with Crippen molar-refractivity contribution >= 4 is 21.1 Å². The number of aromatic amines is 2. The molecule has 2 N–H and O–H groups in total. The highest BCUT2D eigenvalue weighted by Crippen LogP contribution is 2.33. The maximum Gasteiger partial charge on any atom is 0.243 e. The van der Waals surface area contributed by atoms with E-state index in [2.05, 4.69) is 26.2 Å². The van der Waals surface area contributed by atoms with E-state index in [4.69, 9.17) is 0 Å². The first-order valence-corrected chi connectivity index (χ1v) is 11.5. The Morgan fingerprint density at radius 3 is 2.60 bits per heavy atom. The number of benzene rings is 1. The van der Waals surface area contributed by atoms with Gasteiger partial charge in [-0.15, -0.1) is 0 Å². The van der Waals surface area contributed by atoms with Crippen LogP contribution in [0.1, 0.15) is 30.0 Å². The van der Waals surface area contributed by atoms with Gasteiger partial charge < -0.3 is 4.98 Å². The number of rotatable bonds is 4. The Kier molecular flexibility index (Phi) is 4.67. The number of nitrogens with zero attached hydrogens (tertiary/aromatic N) is 3. The molecule has 1 aliphatic heterocycles. The zero-order valence-electron chi connectivity index (χ0n) is 16.7. The molecule has 0 unspecified atom stereocenters. The summed E-state index contributed by atoms with van der Waals surface area (Å²) in [5.41, 5.74) is 4.85. The van der Waals surface area contributed by atoms with Crippen molar-refractivity contribution in [2.75, 3.05) is 13.1 Å². The van der Waals surface area contributed by atoms with Gasteiger partial charge in [-0.2, -0.15) is 9.40 Å². The van der Waals surface area contributed by atoms with E-state index in [1.165, 1.54) is 0 Å². The van der Waals surface area contributed by atoms with Crippen LogP contribution in [0, 0.1) is 6.92 Å². The minimum Gasteiger partial charge on any atom is -0.346 e. The van der Waals surface area contributed by atoms with Crippen molar-refractivity contribution in [2.24, 2.45) is 0 Å². The number of H-pyrrole nitrogens is 2. The van der Waals surface area contributed by atoms with Crippen molar-refractivity contribution in [1.29, 1.82) is 0 Å². The third-order valence-electron chi connectivity index (χ3n) is 5.89. The topological polar surface area (TPSA) is 94.7 Å². The number of pyridine rings is 1. The van der Waals surface area contributed by atoms with Gasteiger partial charge in [0.1, 0.15) is 5.65 Å². The summed E-state index contributed by atoms with van der Waals surface area (Å²) in [5, 5.41) is 8.73. The van der Waals surface area contributed by atoms with Crippen molar-refractivity contribution < 1.29 is 8.42 Å². The van der Waals surface area contributed by atoms with Gasteiger partial charge in [-0.05, 0) is 50.1 Å². The first kappa shape index (κ1) is 19.0. The molecule has 8 heteroatoms. The van der Waals surface area contributed by atoms with Crippen LogP contribution in [0.3, 0.4) is 0 Å². The fraction of sp³-hybridized carbons (Fsp3) is 0.273. The summed E-state index contributed by atoms with van der Waals surface area (Å²) < 4.78 is 27.4. The van der Waals surface area contributed by atoms with Crippen molar-refractivity contribution in [1.82, 2.24) is 24.5 Å². The average molecular weight is 422 g/mol. The monoisotopic (exact) mass is 421 g/mol. The summed E-state index contributed by atoms with van der Waals surface area (Å²) >= 11 is 0. The first-order chi connectivity index (χ1) is 14.5. The molecule has 154 valence electrons. The van der Waals surface area contributed by atoms with Crippen LogP contribution in [-0.4, -0.2) is 46.0 Å². The maximum absolute atomic E-state index is 12.9. The standard InChI is InChI=1S/C22H23N5O2S/c1-15-2-4-17(5-3-15)30(28,29)27-12-8-16(9-13-27)20-14-21(26-25-20)18-6-10-23-22-19(18)7-11-24-22/h2-7,10-11,14,16H,8-9,12-13H2,1H3,(H,23,24)(H,25,26). The molecule has 0 atom stereocenters. The molecule has 0 saturated carbocycles. The van der Waals surface area contributed by atoms with Gasteiger partial charge in [0.15, 0.2) is 0 Å². The minimum atomic E-state index is -3.44. The quantitative estimate of drug-likeness (QED) is 0.524. The molecule has 0 spiro atoms. The second kappa shape index (κ2) is 7.37. The Bertz CT molecular complexity index is 1280. The fourth-order valence-electron chi connectivity index (χ4n) is 4.13. The summed E-state index contributed by atoms with van der Waals surface area (Å²) in [5.74, 6) is 0.263. The number of sulfonamides is 1. The van der Waals surface area contributed by atoms with E-state index in [0.29, 0.717) is 18.0 Å². The lowest BCUT2D eigenvalue weighted by molar-refractivity contribution is 0.316. The number of hydrogen-bond acceptors (Lipinski definition) is 4. The zero-order chi connectivity index (χ0) is 20.7. The molecule has 1 saturated heterocycles. The van der Waals surface area contributed by atoms with Crippen LogP contribution in [0.25, 0.3) is 22.3 Å². The van der Waals surface area contributed by atoms with Crippen LogP contribution in [0.4, 0.5) is 0 Å². The van der Waals surface area contributed by atoms with E-state index in [1.807, 2.05) is 37.4 Å². The Hall–Kier alpha value is -2.97. The molecule has 3 aromatic heterocycles. The summed E-state index contributed by atoms with van der Waals surface area (Å²) in [6.07, 6.45) is 5.18. The smallest absolute Gasteiger partial charge is 0.243 e. The van der Waals surface area contributed by atoms with Gasteiger partial charge in [0, 0.05) is 48.0 Å². The molecule has 1 fully saturated rings. The van der Waals surface area contributed by atoms with Gasteiger partial charge in [0.05, 0.1) is 10.6 Å². The first-order valence-electron chi connectivity index (χ1n) is 10.1. The summed E-state index contributed by atoms with van der Waals surface area (Å²) in [6, 6.07) is 13.1. The fourth-order valence-corrected chi connectivity index (χ4v) is 5.60. The molecule has 0 radical (unpaired) electrons. The molecule has 7 nitrogen and oxygen atoms in total. The van der Waals surface area contributed by atoms with Gasteiger partial charge in [0.25, 0.3) is 0 Å². The minimum absolute atomic E-state index is 0.263. The number of aromatic nitrogens is 4. The second-order valence-corrected chi connectivity index (χ2v) is 9.74. The lowest BCUT2D eigenvalue weighted by Gasteiger charge is -2.30. The van der Waals surface area contributed by atoms with Crippen molar-refractivity contribution in [3.05, 3.63) is 66.1 Å². The van der Waals surface area contributed by atoms with Gasteiger partial charge in [-0.1, -0.05) is 17.7 Å². The molecule has 1 aliphatic rings. The molecule has 4 heterocycles. The second-order valence-electron chi connectivity index (χ2n) is 7.80. The van der Waals surface area contributed by atoms with E-state index in [0.717, 1.165) is 46.4 Å². The van der Waals surface area contributed by atoms with E-state index in [1.54, 1.807) is 22.6 Å². The van der Waals surface area contributed by atoms with Crippen molar-refractivity contribution in [2.45, 2.75) is 30.6 Å². The summed E-state index contributed by atoms with van der Waals surface area (Å²) in [7, 11) is -3.44. The average Bonchev–Trinajstić information content (AvgIpc) is 3.44. The molecule has 1 aromatic carbocycles. The summed E-state index contributed by atoms with van der Waals surface area (Å²) in [4.78, 5) is 7.82. The molecule has 5 rings (SSSR count). The largest absolute Gasteiger partial charge is 0.346 e. The molecule has 0 aliphatic carbocycles. The van der Waals surface area contributed by atoms with E-state index < -0.39 is 10.0 Å². The Morgan fingerprint density at radius 1 is 1.07 bits per heavy atom. The highest BCUT2D eigenvalue weighted by atomic mass is 32.2. The molecule has 0 amide bonds. The van der Waals surface area contributed by atoms with Gasteiger partial charge in [-0.3, -0.25) is 5.10 Å². The van der Waals surface area contributed by atoms with Gasteiger partial charge in [-0.25, -0.2) is 13.4 Å². The third kappa shape index (κ3) is 3.32. The molecule has 4 aromatic rings. The Morgan fingerprint density at radius 2 is 1.83 bits per heavy atom. The molecular formula is C22H23N5O2S. The lowest BCUT2D eigenvalue weighted by Crippen LogP contribution is -2.37. The highest BCUT2D eigenvalue weighted by Gasteiger charge is 2.30. The zero-order valence-corrected chi connectivity index (χ0v) is 17.5. The lowest BCUT2D eigenvalue weighted by atomic mass is 9.94. The van der Waals surface area contributed by atoms with Crippen LogP contribution in [0.5, 0.6) is 0 Å². The molecular weight excluding hydrogens is 398 g/mol. The van der Waals surface area contributed by atoms with Gasteiger partial charge >= 0.3 is 0 Å². The van der Waals surface area contributed by atoms with Crippen LogP contribution in [-0.2, 0) is 10.0 Å². The van der Waals surface area contributed by atoms with Crippen LogP contribution in [0.2, 0.25) is 0 Å². The number of hydrogen-bond donors (Lipinski definition) is 2. The molecule has 0 bridgehead atoms. The van der Waals surface area contributed by atoms with Crippen molar-refractivity contribution in [3.63, 3.8) is 0 Å². The number of nitrogens with one attached hydrogen (secondary N) is 2. The highest BCUT2D eigenvalue weighted by molar-refractivity contribution is 7.89. The Balaban J connectivity index is 1.32. The van der Waals surface area contributed by atoms with Crippen LogP contribution in [0.15, 0.2) is 59.8 Å². The number of aryl methyl sites for hydroxylation is 1. The van der Waals surface area contributed by atoms with E-state index >= 15 is 0 Å². The normalized spacial score (nSPS) is 16.3. The van der Waals surface area contributed by atoms with Crippen LogP contribution >= 0.6 is 0 Å². The number of piperidine rings is 1. The predicted octanol–water partition coefficient (Wildman–Crippen LogP) is 3.83. The predicted molar refractivity (Wildman–Crippen MR) is 116 cm³/mol. The molecule has 30 heavy (non-hydrogen) atoms. The third-order valence-corrected chi connectivity index (χ3v) is 7.80. The van der Waals surface area contributed by atoms with Gasteiger partial charge in [0.2, 0.25) is 10.0 Å². The SMILES string of the molecule is Cc1ccc(S(=O)(=O)N2CCC(c3cc(-c4ccnc5[nH]ccc45)n[nH]3)CC2)cc1. The van der Waals surface area contributed by atoms with E-state index in [9.17, 15) is 8.42 Å². The summed E-state index contributed by atoms with van der Waals surface area (Å²) in [6.45, 7) is 2.96. The van der Waals surface area contributed by atoms with Crippen molar-refractivity contribution in [3.8, 4) is 11.3 Å². The number of fused-ring (bicyclic) bond motifs is 1. The maximum atomic E-state index is 12.9. The Labute approximate surface area is 175 Å².